The van der Waals surface area contributed by atoms with Gasteiger partial charge in [0.25, 0.3) is 0 Å². The summed E-state index contributed by atoms with van der Waals surface area (Å²) in [6, 6.07) is -0.338. The number of aliphatic carboxylic acids is 1. The minimum atomic E-state index is -0.919. The smallest absolute Gasteiger partial charge is 0.314 e. The van der Waals surface area contributed by atoms with Crippen molar-refractivity contribution in [2.75, 3.05) is 26.3 Å². The Balaban J connectivity index is 3.71. The van der Waals surface area contributed by atoms with Crippen molar-refractivity contribution < 1.29 is 19.4 Å². The van der Waals surface area contributed by atoms with Gasteiger partial charge in [-0.1, -0.05) is 20.8 Å². The third-order valence-corrected chi connectivity index (χ3v) is 3.14. The molecule has 0 aromatic carbocycles. The van der Waals surface area contributed by atoms with Crippen LogP contribution in [0.15, 0.2) is 0 Å². The van der Waals surface area contributed by atoms with E-state index in [1.165, 1.54) is 0 Å². The van der Waals surface area contributed by atoms with Crippen LogP contribution in [0.3, 0.4) is 0 Å². The third-order valence-electron chi connectivity index (χ3n) is 3.14. The van der Waals surface area contributed by atoms with Gasteiger partial charge in [-0.05, 0) is 25.7 Å². The van der Waals surface area contributed by atoms with Crippen LogP contribution in [-0.2, 0) is 9.53 Å². The van der Waals surface area contributed by atoms with Gasteiger partial charge in [0.05, 0.1) is 5.41 Å². The Morgan fingerprint density at radius 3 is 2.45 bits per heavy atom. The monoisotopic (exact) mass is 288 g/mol. The maximum atomic E-state index is 11.5. The molecule has 1 unspecified atom stereocenters. The van der Waals surface area contributed by atoms with Gasteiger partial charge in [0.2, 0.25) is 0 Å². The summed E-state index contributed by atoms with van der Waals surface area (Å²) in [5.41, 5.74) is -0.919. The van der Waals surface area contributed by atoms with Gasteiger partial charge in [-0.3, -0.25) is 4.79 Å². The molecular weight excluding hydrogens is 260 g/mol. The van der Waals surface area contributed by atoms with Gasteiger partial charge < -0.3 is 20.5 Å². The molecule has 0 saturated carbocycles. The number of carbonyl (C=O) groups excluding carboxylic acids is 1. The molecule has 6 nitrogen and oxygen atoms in total. The van der Waals surface area contributed by atoms with Crippen molar-refractivity contribution >= 4 is 12.0 Å². The Hall–Kier alpha value is -1.30. The molecule has 0 aliphatic carbocycles. The fourth-order valence-electron chi connectivity index (χ4n) is 1.38. The lowest BCUT2D eigenvalue weighted by atomic mass is 9.88. The van der Waals surface area contributed by atoms with Crippen molar-refractivity contribution in [3.63, 3.8) is 0 Å². The Morgan fingerprint density at radius 2 is 1.95 bits per heavy atom. The quantitative estimate of drug-likeness (QED) is 0.535. The van der Waals surface area contributed by atoms with Gasteiger partial charge in [0, 0.05) is 26.3 Å². The number of hydrogen-bond acceptors (Lipinski definition) is 3. The summed E-state index contributed by atoms with van der Waals surface area (Å²) in [5.74, 6) is -0.392. The molecule has 0 spiro atoms. The van der Waals surface area contributed by atoms with E-state index in [0.717, 1.165) is 13.0 Å². The highest BCUT2D eigenvalue weighted by Crippen LogP contribution is 2.19. The number of carbonyl (C=O) groups is 2. The fraction of sp³-hybridized carbons (Fsp3) is 0.857. The number of hydrogen-bond donors (Lipinski definition) is 3. The molecule has 2 amide bonds. The number of rotatable bonds is 10. The van der Waals surface area contributed by atoms with Crippen LogP contribution >= 0.6 is 0 Å². The topological polar surface area (TPSA) is 87.7 Å². The number of nitrogens with one attached hydrogen (secondary N) is 2. The number of ether oxygens (including phenoxy) is 1. The van der Waals surface area contributed by atoms with E-state index >= 15 is 0 Å². The fourth-order valence-corrected chi connectivity index (χ4v) is 1.38. The lowest BCUT2D eigenvalue weighted by Gasteiger charge is -2.23. The molecule has 0 aliphatic heterocycles. The van der Waals surface area contributed by atoms with Crippen LogP contribution in [0.5, 0.6) is 0 Å². The molecule has 118 valence electrons. The highest BCUT2D eigenvalue weighted by molar-refractivity contribution is 5.77. The molecule has 0 saturated heterocycles. The summed E-state index contributed by atoms with van der Waals surface area (Å²) in [4.78, 5) is 22.6. The van der Waals surface area contributed by atoms with Crippen molar-refractivity contribution in [2.24, 2.45) is 11.3 Å². The highest BCUT2D eigenvalue weighted by Gasteiger charge is 2.31. The van der Waals surface area contributed by atoms with Gasteiger partial charge in [-0.15, -0.1) is 0 Å². The number of carboxylic acids is 1. The second kappa shape index (κ2) is 9.58. The molecule has 0 radical (unpaired) electrons. The molecule has 1 atom stereocenters. The Kier molecular flexibility index (Phi) is 8.96. The molecule has 0 rings (SSSR count). The van der Waals surface area contributed by atoms with Crippen LogP contribution in [0.2, 0.25) is 0 Å². The maximum Gasteiger partial charge on any atom is 0.314 e. The number of urea groups is 1. The van der Waals surface area contributed by atoms with Gasteiger partial charge in [0.1, 0.15) is 0 Å². The highest BCUT2D eigenvalue weighted by atomic mass is 16.5. The predicted molar refractivity (Wildman–Crippen MR) is 77.7 cm³/mol. The van der Waals surface area contributed by atoms with E-state index < -0.39 is 11.4 Å². The van der Waals surface area contributed by atoms with E-state index in [0.29, 0.717) is 25.5 Å². The zero-order chi connectivity index (χ0) is 15.6. The van der Waals surface area contributed by atoms with Crippen LogP contribution in [-0.4, -0.2) is 43.4 Å². The maximum absolute atomic E-state index is 11.5. The molecule has 3 N–H and O–H groups in total. The van der Waals surface area contributed by atoms with Gasteiger partial charge in [-0.25, -0.2) is 4.79 Å². The summed E-state index contributed by atoms with van der Waals surface area (Å²) in [6.07, 6.45) is 1.20. The standard InChI is InChI=1S/C14H28N2O4/c1-5-14(4,12(17)18)10-16-13(19)15-7-6-8-20-9-11(2)3/h11H,5-10H2,1-4H3,(H,17,18)(H2,15,16,19). The minimum Gasteiger partial charge on any atom is -0.481 e. The first-order valence-corrected chi connectivity index (χ1v) is 7.14. The summed E-state index contributed by atoms with van der Waals surface area (Å²) >= 11 is 0. The molecular formula is C14H28N2O4. The lowest BCUT2D eigenvalue weighted by Crippen LogP contribution is -2.44. The summed E-state index contributed by atoms with van der Waals surface area (Å²) in [6.45, 7) is 9.54. The van der Waals surface area contributed by atoms with E-state index in [1.807, 2.05) is 0 Å². The Bertz CT molecular complexity index is 308. The number of amides is 2. The molecule has 0 aliphatic rings. The molecule has 0 aromatic rings. The van der Waals surface area contributed by atoms with Gasteiger partial charge in [0.15, 0.2) is 0 Å². The van der Waals surface area contributed by atoms with Crippen LogP contribution in [0.25, 0.3) is 0 Å². The summed E-state index contributed by atoms with van der Waals surface area (Å²) in [7, 11) is 0. The van der Waals surface area contributed by atoms with E-state index in [4.69, 9.17) is 9.84 Å². The first-order chi connectivity index (χ1) is 9.31. The van der Waals surface area contributed by atoms with Gasteiger partial charge in [-0.2, -0.15) is 0 Å². The zero-order valence-corrected chi connectivity index (χ0v) is 13.0. The zero-order valence-electron chi connectivity index (χ0n) is 13.0. The van der Waals surface area contributed by atoms with E-state index in [2.05, 4.69) is 24.5 Å². The molecule has 6 heteroatoms. The van der Waals surface area contributed by atoms with Gasteiger partial charge >= 0.3 is 12.0 Å². The third kappa shape index (κ3) is 7.99. The average molecular weight is 288 g/mol. The van der Waals surface area contributed by atoms with Crippen LogP contribution < -0.4 is 10.6 Å². The molecule has 0 aromatic heterocycles. The summed E-state index contributed by atoms with van der Waals surface area (Å²) in [5, 5.41) is 14.4. The summed E-state index contributed by atoms with van der Waals surface area (Å²) < 4.78 is 5.39. The normalized spacial score (nSPS) is 13.8. The van der Waals surface area contributed by atoms with Crippen molar-refractivity contribution in [2.45, 2.75) is 40.5 Å². The SMILES string of the molecule is CCC(C)(CNC(=O)NCCCOCC(C)C)C(=O)O. The van der Waals surface area contributed by atoms with Crippen LogP contribution in [0, 0.1) is 11.3 Å². The van der Waals surface area contributed by atoms with E-state index in [-0.39, 0.29) is 12.6 Å². The van der Waals surface area contributed by atoms with E-state index in [9.17, 15) is 9.59 Å². The predicted octanol–water partition coefficient (Wildman–Crippen LogP) is 1.85. The first kappa shape index (κ1) is 18.7. The van der Waals surface area contributed by atoms with E-state index in [1.54, 1.807) is 13.8 Å². The van der Waals surface area contributed by atoms with Crippen molar-refractivity contribution in [1.82, 2.24) is 10.6 Å². The molecule has 0 bridgehead atoms. The lowest BCUT2D eigenvalue weighted by molar-refractivity contribution is -0.147. The van der Waals surface area contributed by atoms with Crippen molar-refractivity contribution in [3.05, 3.63) is 0 Å². The Morgan fingerprint density at radius 1 is 1.30 bits per heavy atom. The van der Waals surface area contributed by atoms with Crippen molar-refractivity contribution in [3.8, 4) is 0 Å². The van der Waals surface area contributed by atoms with Crippen molar-refractivity contribution in [1.29, 1.82) is 0 Å². The average Bonchev–Trinajstić information content (AvgIpc) is 2.39. The second-order valence-electron chi connectivity index (χ2n) is 5.65. The van der Waals surface area contributed by atoms with Crippen LogP contribution in [0.4, 0.5) is 4.79 Å². The van der Waals surface area contributed by atoms with Crippen LogP contribution in [0.1, 0.15) is 40.5 Å². The Labute approximate surface area is 121 Å². The molecule has 20 heavy (non-hydrogen) atoms. The molecule has 0 fully saturated rings. The minimum absolute atomic E-state index is 0.120. The molecule has 0 heterocycles. The largest absolute Gasteiger partial charge is 0.481 e. The second-order valence-corrected chi connectivity index (χ2v) is 5.65. The number of carboxylic acid groups (broad SMARTS) is 1. The first-order valence-electron chi connectivity index (χ1n) is 7.14.